The smallest absolute Gasteiger partial charge is 0.277 e. The Hall–Kier alpha value is -0.760. The van der Waals surface area contributed by atoms with Crippen molar-refractivity contribution in [1.82, 2.24) is 5.32 Å². The van der Waals surface area contributed by atoms with E-state index in [4.69, 9.17) is 5.73 Å². The predicted octanol–water partition coefficient (Wildman–Crippen LogP) is 1.61. The van der Waals surface area contributed by atoms with Crippen molar-refractivity contribution in [3.05, 3.63) is 33.4 Å². The van der Waals surface area contributed by atoms with Crippen LogP contribution >= 0.6 is 22.6 Å². The minimum atomic E-state index is -3.06. The fourth-order valence-electron chi connectivity index (χ4n) is 1.02. The summed E-state index contributed by atoms with van der Waals surface area (Å²) in [5, 5.41) is 2.16. The van der Waals surface area contributed by atoms with E-state index in [1.54, 1.807) is 24.3 Å². The molecule has 0 aromatic heterocycles. The minimum Gasteiger partial charge on any atom is -0.346 e. The molecule has 3 nitrogen and oxygen atoms in total. The van der Waals surface area contributed by atoms with Gasteiger partial charge in [0.05, 0.1) is 18.7 Å². The molecule has 3 N–H and O–H groups in total. The summed E-state index contributed by atoms with van der Waals surface area (Å²) in [5.41, 5.74) is 5.24. The monoisotopic (exact) mass is 340 g/mol. The van der Waals surface area contributed by atoms with Crippen LogP contribution in [0.15, 0.2) is 24.3 Å². The van der Waals surface area contributed by atoms with Crippen molar-refractivity contribution in [3.8, 4) is 0 Å². The molecule has 1 aromatic carbocycles. The standard InChI is InChI=1S/C10H11F2IN2O/c11-10(12,5-14)6-15-9(16)7-3-1-2-4-8(7)13/h1-4H,5-6,14H2,(H,15,16). The van der Waals surface area contributed by atoms with Crippen LogP contribution in [0.4, 0.5) is 8.78 Å². The molecule has 1 aromatic rings. The number of halogens is 3. The third kappa shape index (κ3) is 3.67. The predicted molar refractivity (Wildman–Crippen MR) is 65.5 cm³/mol. The van der Waals surface area contributed by atoms with E-state index in [9.17, 15) is 13.6 Å². The Morgan fingerprint density at radius 3 is 2.62 bits per heavy atom. The van der Waals surface area contributed by atoms with Crippen molar-refractivity contribution in [2.75, 3.05) is 13.1 Å². The highest BCUT2D eigenvalue weighted by Gasteiger charge is 2.27. The number of nitrogens with two attached hydrogens (primary N) is 1. The van der Waals surface area contributed by atoms with Crippen molar-refractivity contribution in [1.29, 1.82) is 0 Å². The maximum Gasteiger partial charge on any atom is 0.277 e. The molecule has 1 amide bonds. The Balaban J connectivity index is 2.64. The highest BCUT2D eigenvalue weighted by Crippen LogP contribution is 2.13. The van der Waals surface area contributed by atoms with Gasteiger partial charge in [-0.15, -0.1) is 0 Å². The zero-order valence-corrected chi connectivity index (χ0v) is 10.5. The van der Waals surface area contributed by atoms with Crippen molar-refractivity contribution in [2.24, 2.45) is 5.73 Å². The van der Waals surface area contributed by atoms with Crippen LogP contribution in [0.5, 0.6) is 0 Å². The number of hydrogen-bond donors (Lipinski definition) is 2. The Morgan fingerprint density at radius 1 is 1.44 bits per heavy atom. The zero-order chi connectivity index (χ0) is 12.2. The number of alkyl halides is 2. The molecule has 0 aliphatic heterocycles. The molecule has 0 aliphatic carbocycles. The summed E-state index contributed by atoms with van der Waals surface area (Å²) in [4.78, 5) is 11.5. The van der Waals surface area contributed by atoms with E-state index in [-0.39, 0.29) is 0 Å². The first-order valence-corrected chi connectivity index (χ1v) is 5.65. The number of carbonyl (C=O) groups is 1. The molecule has 0 unspecified atom stereocenters. The first-order valence-electron chi connectivity index (χ1n) is 4.57. The number of hydrogen-bond acceptors (Lipinski definition) is 2. The minimum absolute atomic E-state index is 0.385. The molecule has 0 radical (unpaired) electrons. The van der Waals surface area contributed by atoms with Crippen LogP contribution in [0.1, 0.15) is 10.4 Å². The first kappa shape index (κ1) is 13.3. The van der Waals surface area contributed by atoms with Crippen LogP contribution in [-0.4, -0.2) is 24.9 Å². The SMILES string of the molecule is NCC(F)(F)CNC(=O)c1ccccc1I. The maximum absolute atomic E-state index is 12.8. The Kier molecular flexibility index (Phi) is 4.60. The van der Waals surface area contributed by atoms with Gasteiger partial charge in [-0.05, 0) is 34.7 Å². The van der Waals surface area contributed by atoms with Crippen LogP contribution < -0.4 is 11.1 Å². The molecule has 0 bridgehead atoms. The number of carbonyl (C=O) groups excluding carboxylic acids is 1. The molecular weight excluding hydrogens is 329 g/mol. The number of benzene rings is 1. The molecule has 0 atom stereocenters. The molecule has 0 saturated heterocycles. The lowest BCUT2D eigenvalue weighted by atomic mass is 10.2. The van der Waals surface area contributed by atoms with Crippen LogP contribution in [0.3, 0.4) is 0 Å². The van der Waals surface area contributed by atoms with Gasteiger partial charge in [-0.25, -0.2) is 8.78 Å². The average Bonchev–Trinajstić information content (AvgIpc) is 2.27. The number of nitrogens with one attached hydrogen (secondary N) is 1. The quantitative estimate of drug-likeness (QED) is 0.819. The Bertz CT molecular complexity index is 385. The summed E-state index contributed by atoms with van der Waals surface area (Å²) in [6, 6.07) is 6.76. The Morgan fingerprint density at radius 2 is 2.06 bits per heavy atom. The molecule has 0 spiro atoms. The van der Waals surface area contributed by atoms with Crippen molar-refractivity contribution in [3.63, 3.8) is 0 Å². The fourth-order valence-corrected chi connectivity index (χ4v) is 1.65. The molecular formula is C10H11F2IN2O. The third-order valence-corrected chi connectivity index (χ3v) is 2.87. The summed E-state index contributed by atoms with van der Waals surface area (Å²) >= 11 is 1.97. The lowest BCUT2D eigenvalue weighted by Crippen LogP contribution is -2.41. The Labute approximate surface area is 106 Å². The van der Waals surface area contributed by atoms with Crippen molar-refractivity contribution >= 4 is 28.5 Å². The highest BCUT2D eigenvalue weighted by atomic mass is 127. The molecule has 16 heavy (non-hydrogen) atoms. The van der Waals surface area contributed by atoms with Gasteiger partial charge in [0.15, 0.2) is 0 Å². The third-order valence-electron chi connectivity index (χ3n) is 1.92. The highest BCUT2D eigenvalue weighted by molar-refractivity contribution is 14.1. The van der Waals surface area contributed by atoms with Gasteiger partial charge in [0.1, 0.15) is 0 Å². The second kappa shape index (κ2) is 5.53. The fraction of sp³-hybridized carbons (Fsp3) is 0.300. The van der Waals surface area contributed by atoms with E-state index in [0.29, 0.717) is 9.13 Å². The summed E-state index contributed by atoms with van der Waals surface area (Å²) in [6.45, 7) is -1.52. The van der Waals surface area contributed by atoms with Gasteiger partial charge in [-0.1, -0.05) is 12.1 Å². The molecule has 0 aliphatic rings. The first-order chi connectivity index (χ1) is 7.46. The van der Waals surface area contributed by atoms with Crippen LogP contribution in [-0.2, 0) is 0 Å². The number of amides is 1. The van der Waals surface area contributed by atoms with Crippen molar-refractivity contribution in [2.45, 2.75) is 5.92 Å². The van der Waals surface area contributed by atoms with Gasteiger partial charge in [0.2, 0.25) is 0 Å². The molecule has 0 saturated carbocycles. The maximum atomic E-state index is 12.8. The van der Waals surface area contributed by atoms with Crippen LogP contribution in [0, 0.1) is 3.57 Å². The average molecular weight is 340 g/mol. The second-order valence-corrected chi connectivity index (χ2v) is 4.38. The van der Waals surface area contributed by atoms with Gasteiger partial charge >= 0.3 is 0 Å². The molecule has 0 fully saturated rings. The summed E-state index contributed by atoms with van der Waals surface area (Å²) < 4.78 is 26.3. The number of rotatable bonds is 4. The van der Waals surface area contributed by atoms with E-state index in [1.165, 1.54) is 0 Å². The van der Waals surface area contributed by atoms with Gasteiger partial charge in [-0.2, -0.15) is 0 Å². The molecule has 0 heterocycles. The van der Waals surface area contributed by atoms with Gasteiger partial charge in [0.25, 0.3) is 11.8 Å². The van der Waals surface area contributed by atoms with Gasteiger partial charge < -0.3 is 11.1 Å². The molecule has 88 valence electrons. The largest absolute Gasteiger partial charge is 0.346 e. The van der Waals surface area contributed by atoms with E-state index in [0.717, 1.165) is 0 Å². The van der Waals surface area contributed by atoms with Crippen molar-refractivity contribution < 1.29 is 13.6 Å². The van der Waals surface area contributed by atoms with Crippen LogP contribution in [0.2, 0.25) is 0 Å². The van der Waals surface area contributed by atoms with E-state index >= 15 is 0 Å². The summed E-state index contributed by atoms with van der Waals surface area (Å²) in [7, 11) is 0. The molecule has 1 rings (SSSR count). The lowest BCUT2D eigenvalue weighted by molar-refractivity contribution is 0.0118. The molecule has 6 heteroatoms. The summed E-state index contributed by atoms with van der Waals surface area (Å²) in [6.07, 6.45) is 0. The second-order valence-electron chi connectivity index (χ2n) is 3.22. The van der Waals surface area contributed by atoms with E-state index in [2.05, 4.69) is 5.32 Å². The van der Waals surface area contributed by atoms with E-state index in [1.807, 2.05) is 22.6 Å². The van der Waals surface area contributed by atoms with Gasteiger partial charge in [-0.3, -0.25) is 4.79 Å². The van der Waals surface area contributed by atoms with Gasteiger partial charge in [0, 0.05) is 3.57 Å². The zero-order valence-electron chi connectivity index (χ0n) is 8.34. The topological polar surface area (TPSA) is 55.1 Å². The van der Waals surface area contributed by atoms with Crippen LogP contribution in [0.25, 0.3) is 0 Å². The normalized spacial score (nSPS) is 11.2. The van der Waals surface area contributed by atoms with E-state index < -0.39 is 24.9 Å². The summed E-state index contributed by atoms with van der Waals surface area (Å²) in [5.74, 6) is -3.58. The lowest BCUT2D eigenvalue weighted by Gasteiger charge is -2.14.